The minimum absolute atomic E-state index is 0.206. The predicted molar refractivity (Wildman–Crippen MR) is 121 cm³/mol. The van der Waals surface area contributed by atoms with Crippen LogP contribution < -0.4 is 10.9 Å². The van der Waals surface area contributed by atoms with Crippen LogP contribution in [0.3, 0.4) is 0 Å². The molecule has 1 saturated heterocycles. The minimum Gasteiger partial charge on any atom is -0.465 e. The molecule has 0 aliphatic carbocycles. The number of para-hydroxylation sites is 2. The highest BCUT2D eigenvalue weighted by atomic mass is 16.5. The minimum atomic E-state index is -0.584. The average molecular weight is 449 g/mol. The Labute approximate surface area is 189 Å². The Balaban J connectivity index is 1.65. The van der Waals surface area contributed by atoms with Crippen LogP contribution in [0.25, 0.3) is 10.9 Å². The summed E-state index contributed by atoms with van der Waals surface area (Å²) < 4.78 is 11.4. The molecule has 3 aromatic rings. The van der Waals surface area contributed by atoms with Crippen LogP contribution in [0.15, 0.2) is 59.4 Å². The van der Waals surface area contributed by atoms with Gasteiger partial charge in [-0.1, -0.05) is 30.3 Å². The lowest BCUT2D eigenvalue weighted by atomic mass is 10.1. The summed E-state index contributed by atoms with van der Waals surface area (Å²) in [5.41, 5.74) is 0.785. The fourth-order valence-corrected chi connectivity index (χ4v) is 3.82. The van der Waals surface area contributed by atoms with E-state index < -0.39 is 17.4 Å². The summed E-state index contributed by atoms with van der Waals surface area (Å²) >= 11 is 0. The first-order valence-corrected chi connectivity index (χ1v) is 10.5. The molecular weight excluding hydrogens is 426 g/mol. The molecule has 0 atom stereocenters. The summed E-state index contributed by atoms with van der Waals surface area (Å²) in [7, 11) is 1.26. The maximum Gasteiger partial charge on any atom is 0.339 e. The van der Waals surface area contributed by atoms with E-state index in [0.29, 0.717) is 42.8 Å². The van der Waals surface area contributed by atoms with E-state index in [0.717, 1.165) is 0 Å². The quantitative estimate of drug-likeness (QED) is 0.597. The standard InChI is InChI=1S/C24H23N3O6/c1-32-24(31)17-7-2-4-8-19(17)25-21(28)15-27-20-9-5-3-6-16(20)18(14-22(27)29)23(30)26-10-12-33-13-11-26/h2-9,14H,10-13,15H2,1H3,(H,25,28). The SMILES string of the molecule is COC(=O)c1ccccc1NC(=O)Cn1c(=O)cc(C(=O)N2CCOCC2)c2ccccc21. The van der Waals surface area contributed by atoms with Crippen molar-refractivity contribution in [1.82, 2.24) is 9.47 Å². The average Bonchev–Trinajstić information content (AvgIpc) is 2.85. The summed E-state index contributed by atoms with van der Waals surface area (Å²) in [5, 5.41) is 3.25. The number of carbonyl (C=O) groups is 3. The van der Waals surface area contributed by atoms with Crippen molar-refractivity contribution in [2.75, 3.05) is 38.7 Å². The van der Waals surface area contributed by atoms with Crippen molar-refractivity contribution in [1.29, 1.82) is 0 Å². The van der Waals surface area contributed by atoms with Gasteiger partial charge in [0.2, 0.25) is 5.91 Å². The molecule has 9 heteroatoms. The number of anilines is 1. The summed E-state index contributed by atoms with van der Waals surface area (Å²) in [5.74, 6) is -1.32. The van der Waals surface area contributed by atoms with Gasteiger partial charge in [-0.15, -0.1) is 0 Å². The first-order valence-electron chi connectivity index (χ1n) is 10.5. The third-order valence-electron chi connectivity index (χ3n) is 5.46. The summed E-state index contributed by atoms with van der Waals surface area (Å²) in [4.78, 5) is 52.4. The van der Waals surface area contributed by atoms with E-state index in [4.69, 9.17) is 9.47 Å². The van der Waals surface area contributed by atoms with E-state index >= 15 is 0 Å². The zero-order valence-electron chi connectivity index (χ0n) is 18.1. The molecule has 1 N–H and O–H groups in total. The number of rotatable bonds is 5. The number of morpholine rings is 1. The molecule has 0 spiro atoms. The van der Waals surface area contributed by atoms with E-state index in [1.807, 2.05) is 0 Å². The molecule has 4 rings (SSSR count). The largest absolute Gasteiger partial charge is 0.465 e. The summed E-state index contributed by atoms with van der Waals surface area (Å²) in [6.45, 7) is 1.53. The Morgan fingerprint density at radius 1 is 1.00 bits per heavy atom. The van der Waals surface area contributed by atoms with Gasteiger partial charge in [-0.05, 0) is 18.2 Å². The van der Waals surface area contributed by atoms with Gasteiger partial charge in [-0.2, -0.15) is 0 Å². The molecule has 0 unspecified atom stereocenters. The molecular formula is C24H23N3O6. The number of esters is 1. The lowest BCUT2D eigenvalue weighted by molar-refractivity contribution is -0.116. The van der Waals surface area contributed by atoms with Gasteiger partial charge in [-0.25, -0.2) is 4.79 Å². The van der Waals surface area contributed by atoms with Gasteiger partial charge in [0.15, 0.2) is 0 Å². The van der Waals surface area contributed by atoms with Crippen molar-refractivity contribution in [3.05, 3.63) is 76.1 Å². The molecule has 0 bridgehead atoms. The van der Waals surface area contributed by atoms with Crippen LogP contribution in [0.2, 0.25) is 0 Å². The third-order valence-corrected chi connectivity index (χ3v) is 5.46. The lowest BCUT2D eigenvalue weighted by Crippen LogP contribution is -2.41. The summed E-state index contributed by atoms with van der Waals surface area (Å²) in [6.07, 6.45) is 0. The Bertz CT molecular complexity index is 1280. The van der Waals surface area contributed by atoms with Gasteiger partial charge in [0.25, 0.3) is 11.5 Å². The van der Waals surface area contributed by atoms with Gasteiger partial charge < -0.3 is 19.7 Å². The Kier molecular flexibility index (Phi) is 6.50. The molecule has 0 radical (unpaired) electrons. The highest BCUT2D eigenvalue weighted by Crippen LogP contribution is 2.20. The van der Waals surface area contributed by atoms with Gasteiger partial charge in [-0.3, -0.25) is 19.0 Å². The fraction of sp³-hybridized carbons (Fsp3) is 0.250. The molecule has 1 fully saturated rings. The predicted octanol–water partition coefficient (Wildman–Crippen LogP) is 1.90. The molecule has 9 nitrogen and oxygen atoms in total. The number of amides is 2. The summed E-state index contributed by atoms with van der Waals surface area (Å²) in [6, 6.07) is 14.7. The number of methoxy groups -OCH3 is 1. The van der Waals surface area contributed by atoms with E-state index in [2.05, 4.69) is 5.32 Å². The second-order valence-electron chi connectivity index (χ2n) is 7.49. The molecule has 1 aliphatic rings. The fourth-order valence-electron chi connectivity index (χ4n) is 3.82. The van der Waals surface area contributed by atoms with E-state index in [1.165, 1.54) is 23.8 Å². The molecule has 2 heterocycles. The van der Waals surface area contributed by atoms with E-state index in [-0.39, 0.29) is 23.7 Å². The number of hydrogen-bond donors (Lipinski definition) is 1. The van der Waals surface area contributed by atoms with E-state index in [9.17, 15) is 19.2 Å². The van der Waals surface area contributed by atoms with E-state index in [1.54, 1.807) is 47.4 Å². The third kappa shape index (κ3) is 4.63. The molecule has 2 amide bonds. The van der Waals surface area contributed by atoms with Crippen LogP contribution in [0.1, 0.15) is 20.7 Å². The van der Waals surface area contributed by atoms with Crippen molar-refractivity contribution < 1.29 is 23.9 Å². The molecule has 1 aromatic heterocycles. The van der Waals surface area contributed by atoms with Crippen molar-refractivity contribution in [3.8, 4) is 0 Å². The van der Waals surface area contributed by atoms with Crippen LogP contribution in [0.4, 0.5) is 5.69 Å². The number of benzene rings is 2. The number of carbonyl (C=O) groups excluding carboxylic acids is 3. The number of nitrogens with zero attached hydrogens (tertiary/aromatic N) is 2. The maximum absolute atomic E-state index is 13.1. The van der Waals surface area contributed by atoms with Crippen LogP contribution in [-0.4, -0.2) is 60.7 Å². The first-order chi connectivity index (χ1) is 16.0. The molecule has 0 saturated carbocycles. The number of fused-ring (bicyclic) bond motifs is 1. The Morgan fingerprint density at radius 2 is 1.70 bits per heavy atom. The highest BCUT2D eigenvalue weighted by molar-refractivity contribution is 6.06. The number of aromatic nitrogens is 1. The second-order valence-corrected chi connectivity index (χ2v) is 7.49. The van der Waals surface area contributed by atoms with Gasteiger partial charge in [0.1, 0.15) is 6.54 Å². The number of pyridine rings is 1. The molecule has 33 heavy (non-hydrogen) atoms. The van der Waals surface area contributed by atoms with Crippen molar-refractivity contribution in [3.63, 3.8) is 0 Å². The van der Waals surface area contributed by atoms with Crippen LogP contribution in [0, 0.1) is 0 Å². The zero-order valence-corrected chi connectivity index (χ0v) is 18.1. The molecule has 2 aromatic carbocycles. The highest BCUT2D eigenvalue weighted by Gasteiger charge is 2.23. The number of nitrogens with one attached hydrogen (secondary N) is 1. The number of ether oxygens (including phenoxy) is 2. The Morgan fingerprint density at radius 3 is 2.45 bits per heavy atom. The Hall–Kier alpha value is -3.98. The smallest absolute Gasteiger partial charge is 0.339 e. The van der Waals surface area contributed by atoms with Crippen molar-refractivity contribution in [2.45, 2.75) is 6.54 Å². The van der Waals surface area contributed by atoms with Crippen LogP contribution in [-0.2, 0) is 20.8 Å². The van der Waals surface area contributed by atoms with Crippen molar-refractivity contribution >= 4 is 34.4 Å². The molecule has 1 aliphatic heterocycles. The maximum atomic E-state index is 13.1. The van der Waals surface area contributed by atoms with Crippen LogP contribution in [0.5, 0.6) is 0 Å². The second kappa shape index (κ2) is 9.66. The monoisotopic (exact) mass is 449 g/mol. The van der Waals surface area contributed by atoms with Crippen LogP contribution >= 0.6 is 0 Å². The van der Waals surface area contributed by atoms with Gasteiger partial charge in [0, 0.05) is 24.5 Å². The van der Waals surface area contributed by atoms with Gasteiger partial charge in [0.05, 0.1) is 42.7 Å². The molecule has 170 valence electrons. The zero-order chi connectivity index (χ0) is 23.4. The topological polar surface area (TPSA) is 107 Å². The number of hydrogen-bond acceptors (Lipinski definition) is 6. The normalized spacial score (nSPS) is 13.5. The lowest BCUT2D eigenvalue weighted by Gasteiger charge is -2.27. The van der Waals surface area contributed by atoms with Crippen molar-refractivity contribution in [2.24, 2.45) is 0 Å². The van der Waals surface area contributed by atoms with Gasteiger partial charge >= 0.3 is 5.97 Å². The first kappa shape index (κ1) is 22.2.